The summed E-state index contributed by atoms with van der Waals surface area (Å²) in [6.07, 6.45) is 3.75. The fourth-order valence-corrected chi connectivity index (χ4v) is 2.27. The average molecular weight is 198 g/mol. The van der Waals surface area contributed by atoms with Gasteiger partial charge in [-0.05, 0) is 25.8 Å². The summed E-state index contributed by atoms with van der Waals surface area (Å²) < 4.78 is 0. The Morgan fingerprint density at radius 3 is 2.36 bits per heavy atom. The van der Waals surface area contributed by atoms with Crippen LogP contribution in [0.5, 0.6) is 0 Å². The quantitative estimate of drug-likeness (QED) is 0.711. The van der Waals surface area contributed by atoms with Crippen LogP contribution in [-0.4, -0.2) is 60.8 Å². The largest absolute Gasteiger partial charge is 0.392 e. The number of likely N-dealkylation sites (N-methyl/N-ethyl adjacent to an activating group) is 1. The minimum Gasteiger partial charge on any atom is -0.392 e. The lowest BCUT2D eigenvalue weighted by atomic mass is 9.81. The first kappa shape index (κ1) is 10.4. The van der Waals surface area contributed by atoms with E-state index in [4.69, 9.17) is 0 Å². The van der Waals surface area contributed by atoms with E-state index in [1.54, 1.807) is 0 Å². The molecular formula is C11H22N2O. The van der Waals surface area contributed by atoms with Gasteiger partial charge in [0.2, 0.25) is 0 Å². The van der Waals surface area contributed by atoms with E-state index >= 15 is 0 Å². The summed E-state index contributed by atoms with van der Waals surface area (Å²) in [7, 11) is 2.17. The molecule has 2 fully saturated rings. The molecule has 1 saturated carbocycles. The number of hydrogen-bond donors (Lipinski definition) is 1. The van der Waals surface area contributed by atoms with Gasteiger partial charge in [-0.25, -0.2) is 0 Å². The van der Waals surface area contributed by atoms with Gasteiger partial charge in [0, 0.05) is 32.7 Å². The van der Waals surface area contributed by atoms with E-state index in [0.717, 1.165) is 32.7 Å². The molecule has 0 spiro atoms. The van der Waals surface area contributed by atoms with Crippen molar-refractivity contribution in [2.24, 2.45) is 5.92 Å². The molecule has 14 heavy (non-hydrogen) atoms. The lowest BCUT2D eigenvalue weighted by Crippen LogP contribution is -2.48. The highest BCUT2D eigenvalue weighted by Gasteiger charge is 2.27. The molecule has 0 bridgehead atoms. The Kier molecular flexibility index (Phi) is 3.42. The molecule has 82 valence electrons. The van der Waals surface area contributed by atoms with Gasteiger partial charge in [-0.1, -0.05) is 6.42 Å². The normalized spacial score (nSPS) is 28.7. The molecule has 0 aromatic rings. The molecule has 0 radical (unpaired) electrons. The summed E-state index contributed by atoms with van der Waals surface area (Å²) in [5.74, 6) is 0.606. The van der Waals surface area contributed by atoms with E-state index in [-0.39, 0.29) is 6.10 Å². The zero-order valence-electron chi connectivity index (χ0n) is 9.15. The van der Waals surface area contributed by atoms with Gasteiger partial charge in [-0.2, -0.15) is 0 Å². The highest BCUT2D eigenvalue weighted by atomic mass is 16.3. The lowest BCUT2D eigenvalue weighted by molar-refractivity contribution is 0.0184. The average Bonchev–Trinajstić information content (AvgIpc) is 2.06. The highest BCUT2D eigenvalue weighted by molar-refractivity contribution is 4.81. The Balaban J connectivity index is 1.68. The van der Waals surface area contributed by atoms with Crippen LogP contribution in [-0.2, 0) is 0 Å². The van der Waals surface area contributed by atoms with Crippen LogP contribution in [0.2, 0.25) is 0 Å². The molecule has 2 aliphatic rings. The van der Waals surface area contributed by atoms with Crippen LogP contribution >= 0.6 is 0 Å². The maximum absolute atomic E-state index is 9.93. The van der Waals surface area contributed by atoms with Crippen molar-refractivity contribution < 1.29 is 5.11 Å². The zero-order chi connectivity index (χ0) is 9.97. The van der Waals surface area contributed by atoms with Crippen LogP contribution in [0.4, 0.5) is 0 Å². The number of hydrogen-bond acceptors (Lipinski definition) is 3. The van der Waals surface area contributed by atoms with Crippen LogP contribution < -0.4 is 0 Å². The number of aliphatic hydroxyl groups is 1. The smallest absolute Gasteiger partial charge is 0.0695 e. The Labute approximate surface area is 86.7 Å². The second-order valence-corrected chi connectivity index (χ2v) is 4.86. The zero-order valence-corrected chi connectivity index (χ0v) is 9.15. The first-order valence-electron chi connectivity index (χ1n) is 5.84. The molecule has 2 rings (SSSR count). The van der Waals surface area contributed by atoms with Gasteiger partial charge >= 0.3 is 0 Å². The van der Waals surface area contributed by atoms with E-state index in [9.17, 15) is 5.11 Å². The highest BCUT2D eigenvalue weighted by Crippen LogP contribution is 2.29. The Morgan fingerprint density at radius 1 is 1.21 bits per heavy atom. The van der Waals surface area contributed by atoms with Gasteiger partial charge in [0.05, 0.1) is 6.10 Å². The molecule has 1 aliphatic carbocycles. The van der Waals surface area contributed by atoms with Crippen molar-refractivity contribution in [2.45, 2.75) is 25.4 Å². The Morgan fingerprint density at radius 2 is 1.86 bits per heavy atom. The third-order valence-corrected chi connectivity index (χ3v) is 3.74. The molecule has 1 N–H and O–H groups in total. The number of β-amino-alcohol motifs (C(OH)–C–C–N with tert-alkyl or cyclic N) is 1. The summed E-state index contributed by atoms with van der Waals surface area (Å²) in [5, 5.41) is 9.93. The van der Waals surface area contributed by atoms with Crippen LogP contribution in [0, 0.1) is 5.92 Å². The molecular weight excluding hydrogens is 176 g/mol. The molecule has 3 nitrogen and oxygen atoms in total. The van der Waals surface area contributed by atoms with Crippen molar-refractivity contribution in [1.82, 2.24) is 9.80 Å². The van der Waals surface area contributed by atoms with Crippen LogP contribution in [0.25, 0.3) is 0 Å². The lowest BCUT2D eigenvalue weighted by Gasteiger charge is -2.37. The third kappa shape index (κ3) is 2.47. The predicted octanol–water partition coefficient (Wildman–Crippen LogP) is 0.395. The maximum Gasteiger partial charge on any atom is 0.0695 e. The minimum atomic E-state index is -0.0628. The molecule has 1 atom stereocenters. The van der Waals surface area contributed by atoms with E-state index in [0.29, 0.717) is 5.92 Å². The first-order valence-corrected chi connectivity index (χ1v) is 5.84. The Hall–Kier alpha value is -0.120. The standard InChI is InChI=1S/C11H22N2O/c1-12-5-7-13(8-6-12)9-11(14)10-3-2-4-10/h10-11,14H,2-9H2,1H3. The Bertz CT molecular complexity index is 174. The van der Waals surface area contributed by atoms with Gasteiger partial charge in [0.1, 0.15) is 0 Å². The summed E-state index contributed by atoms with van der Waals surface area (Å²) >= 11 is 0. The summed E-state index contributed by atoms with van der Waals surface area (Å²) in [5.41, 5.74) is 0. The van der Waals surface area contributed by atoms with Crippen molar-refractivity contribution in [1.29, 1.82) is 0 Å². The van der Waals surface area contributed by atoms with E-state index in [1.807, 2.05) is 0 Å². The first-order chi connectivity index (χ1) is 6.75. The molecule has 1 unspecified atom stereocenters. The topological polar surface area (TPSA) is 26.7 Å². The van der Waals surface area contributed by atoms with Gasteiger partial charge in [0.25, 0.3) is 0 Å². The van der Waals surface area contributed by atoms with Gasteiger partial charge in [0.15, 0.2) is 0 Å². The third-order valence-electron chi connectivity index (χ3n) is 3.74. The van der Waals surface area contributed by atoms with Crippen LogP contribution in [0.1, 0.15) is 19.3 Å². The van der Waals surface area contributed by atoms with E-state index in [2.05, 4.69) is 16.8 Å². The minimum absolute atomic E-state index is 0.0628. The van der Waals surface area contributed by atoms with Gasteiger partial charge in [-0.15, -0.1) is 0 Å². The van der Waals surface area contributed by atoms with Crippen molar-refractivity contribution in [3.8, 4) is 0 Å². The second-order valence-electron chi connectivity index (χ2n) is 4.86. The molecule has 0 amide bonds. The second kappa shape index (κ2) is 4.60. The fourth-order valence-electron chi connectivity index (χ4n) is 2.27. The molecule has 0 aromatic heterocycles. The van der Waals surface area contributed by atoms with Crippen molar-refractivity contribution >= 4 is 0 Å². The van der Waals surface area contributed by atoms with Crippen LogP contribution in [0.3, 0.4) is 0 Å². The molecule has 0 aromatic carbocycles. The van der Waals surface area contributed by atoms with Gasteiger partial charge in [-0.3, -0.25) is 4.90 Å². The SMILES string of the molecule is CN1CCN(CC(O)C2CCC2)CC1. The van der Waals surface area contributed by atoms with Crippen molar-refractivity contribution in [3.63, 3.8) is 0 Å². The summed E-state index contributed by atoms with van der Waals surface area (Å²) in [6, 6.07) is 0. The van der Waals surface area contributed by atoms with Crippen LogP contribution in [0.15, 0.2) is 0 Å². The number of nitrogens with zero attached hydrogens (tertiary/aromatic N) is 2. The molecule has 1 saturated heterocycles. The number of aliphatic hydroxyl groups excluding tert-OH is 1. The maximum atomic E-state index is 9.93. The predicted molar refractivity (Wildman–Crippen MR) is 57.3 cm³/mol. The van der Waals surface area contributed by atoms with E-state index < -0.39 is 0 Å². The summed E-state index contributed by atoms with van der Waals surface area (Å²) in [6.45, 7) is 5.45. The summed E-state index contributed by atoms with van der Waals surface area (Å²) in [4.78, 5) is 4.76. The van der Waals surface area contributed by atoms with Gasteiger partial charge < -0.3 is 10.0 Å². The fraction of sp³-hybridized carbons (Fsp3) is 1.00. The number of piperazine rings is 1. The monoisotopic (exact) mass is 198 g/mol. The molecule has 1 aliphatic heterocycles. The van der Waals surface area contributed by atoms with Crippen molar-refractivity contribution in [3.05, 3.63) is 0 Å². The van der Waals surface area contributed by atoms with Crippen molar-refractivity contribution in [2.75, 3.05) is 39.8 Å². The molecule has 3 heteroatoms. The molecule has 1 heterocycles. The van der Waals surface area contributed by atoms with E-state index in [1.165, 1.54) is 19.3 Å². The number of rotatable bonds is 3.